The summed E-state index contributed by atoms with van der Waals surface area (Å²) >= 11 is 0. The molecule has 0 amide bonds. The van der Waals surface area contributed by atoms with Gasteiger partial charge in [0.25, 0.3) is 0 Å². The van der Waals surface area contributed by atoms with E-state index in [1.54, 1.807) is 19.1 Å². The molecule has 0 spiro atoms. The third-order valence-electron chi connectivity index (χ3n) is 3.00. The quantitative estimate of drug-likeness (QED) is 0.192. The van der Waals surface area contributed by atoms with E-state index in [9.17, 15) is 0 Å². The fourth-order valence-corrected chi connectivity index (χ4v) is 1.82. The minimum absolute atomic E-state index is 0.0509. The van der Waals surface area contributed by atoms with E-state index in [0.717, 1.165) is 17.2 Å². The molecule has 7 N–H and O–H groups in total. The van der Waals surface area contributed by atoms with Gasteiger partial charge >= 0.3 is 0 Å². The van der Waals surface area contributed by atoms with Gasteiger partial charge in [-0.05, 0) is 31.2 Å². The highest BCUT2D eigenvalue weighted by Crippen LogP contribution is 2.14. The molecule has 0 fully saturated rings. The van der Waals surface area contributed by atoms with Crippen molar-refractivity contribution >= 4 is 28.9 Å². The smallest absolute Gasteiger partial charge is 0.194 e. The Kier molecular flexibility index (Phi) is 20.5. The van der Waals surface area contributed by atoms with Crippen molar-refractivity contribution in [1.82, 2.24) is 10.2 Å². The van der Waals surface area contributed by atoms with Gasteiger partial charge in [0.2, 0.25) is 0 Å². The lowest BCUT2D eigenvalue weighted by molar-refractivity contribution is 0.318. The largest absolute Gasteiger partial charge is 0.481 e. The number of aromatic nitrogens is 2. The lowest BCUT2D eigenvalue weighted by atomic mass is 10.3. The standard InChI is InChI=1S/C9H10N4.C6H7N.C5H8N2O.2C2H6/c10-8-6-9(13-12-8)11-7-4-2-1-3-5-7;7-6-4-2-1-3-5-6;1-2-8-5(7)3-4-6;2*1-2/h1-6H,(H4,10,11,12,13);1-5H,7H2;7H,2-3H2,1H3;2*1-2H3. The van der Waals surface area contributed by atoms with E-state index in [1.807, 2.05) is 88.4 Å². The molecular formula is C24H37N7O. The predicted molar refractivity (Wildman–Crippen MR) is 136 cm³/mol. The van der Waals surface area contributed by atoms with E-state index >= 15 is 0 Å². The fraction of sp³-hybridized carbons (Fsp3) is 0.292. The molecular weight excluding hydrogens is 402 g/mol. The predicted octanol–water partition coefficient (Wildman–Crippen LogP) is 5.97. The fourth-order valence-electron chi connectivity index (χ4n) is 1.82. The van der Waals surface area contributed by atoms with Crippen LogP contribution in [0.25, 0.3) is 0 Å². The number of aromatic amines is 1. The van der Waals surface area contributed by atoms with Crippen LogP contribution < -0.4 is 16.8 Å². The molecule has 0 aliphatic rings. The normalized spacial score (nSPS) is 8.12. The van der Waals surface area contributed by atoms with Gasteiger partial charge in [-0.15, -0.1) is 0 Å². The van der Waals surface area contributed by atoms with Crippen LogP contribution in [0.15, 0.2) is 66.7 Å². The zero-order valence-corrected chi connectivity index (χ0v) is 19.7. The number of hydrogen-bond donors (Lipinski definition) is 5. The molecule has 174 valence electrons. The van der Waals surface area contributed by atoms with Gasteiger partial charge < -0.3 is 21.5 Å². The third-order valence-corrected chi connectivity index (χ3v) is 3.00. The highest BCUT2D eigenvalue weighted by atomic mass is 16.5. The number of nitrogens with one attached hydrogen (secondary N) is 3. The van der Waals surface area contributed by atoms with E-state index in [4.69, 9.17) is 22.1 Å². The number of benzene rings is 2. The van der Waals surface area contributed by atoms with E-state index < -0.39 is 0 Å². The second kappa shape index (κ2) is 21.7. The van der Waals surface area contributed by atoms with Crippen LogP contribution >= 0.6 is 0 Å². The Morgan fingerprint density at radius 3 is 1.94 bits per heavy atom. The lowest BCUT2D eigenvalue weighted by Crippen LogP contribution is -2.00. The number of nitrogen functional groups attached to an aromatic ring is 2. The molecule has 3 aromatic rings. The third kappa shape index (κ3) is 16.9. The number of hydrogen-bond acceptors (Lipinski definition) is 7. The summed E-state index contributed by atoms with van der Waals surface area (Å²) < 4.78 is 4.64. The Morgan fingerprint density at radius 2 is 1.56 bits per heavy atom. The zero-order valence-electron chi connectivity index (χ0n) is 19.7. The van der Waals surface area contributed by atoms with Crippen LogP contribution in [0, 0.1) is 16.7 Å². The van der Waals surface area contributed by atoms with Crippen molar-refractivity contribution < 1.29 is 4.74 Å². The molecule has 32 heavy (non-hydrogen) atoms. The van der Waals surface area contributed by atoms with Crippen molar-refractivity contribution in [2.24, 2.45) is 0 Å². The number of ether oxygens (including phenoxy) is 1. The Labute approximate surface area is 192 Å². The lowest BCUT2D eigenvalue weighted by Gasteiger charge is -1.99. The summed E-state index contributed by atoms with van der Waals surface area (Å²) in [5.41, 5.74) is 12.6. The maximum absolute atomic E-state index is 7.99. The first-order chi connectivity index (χ1) is 15.5. The minimum Gasteiger partial charge on any atom is -0.481 e. The van der Waals surface area contributed by atoms with Crippen LogP contribution in [0.1, 0.15) is 41.0 Å². The van der Waals surface area contributed by atoms with Gasteiger partial charge in [-0.3, -0.25) is 10.5 Å². The first-order valence-corrected chi connectivity index (χ1v) is 10.6. The molecule has 1 aromatic heterocycles. The molecule has 8 heteroatoms. The topological polar surface area (TPSA) is 150 Å². The summed E-state index contributed by atoms with van der Waals surface area (Å²) in [6.45, 7) is 10.3. The molecule has 0 saturated heterocycles. The summed E-state index contributed by atoms with van der Waals surface area (Å²) in [5, 5.41) is 24.5. The number of nitrogens with zero attached hydrogens (tertiary/aromatic N) is 2. The average molecular weight is 440 g/mol. The summed E-state index contributed by atoms with van der Waals surface area (Å²) in [6.07, 6.45) is 0.0772. The van der Waals surface area contributed by atoms with Crippen molar-refractivity contribution in [1.29, 1.82) is 10.7 Å². The summed E-state index contributed by atoms with van der Waals surface area (Å²) in [7, 11) is 0. The summed E-state index contributed by atoms with van der Waals surface area (Å²) in [4.78, 5) is 0. The maximum atomic E-state index is 7.99. The highest BCUT2D eigenvalue weighted by Gasteiger charge is 1.96. The molecule has 2 aromatic carbocycles. The molecule has 0 aliphatic carbocycles. The van der Waals surface area contributed by atoms with Crippen molar-refractivity contribution in [2.45, 2.75) is 41.0 Å². The van der Waals surface area contributed by atoms with Gasteiger partial charge in [0, 0.05) is 17.4 Å². The Bertz CT molecular complexity index is 844. The van der Waals surface area contributed by atoms with Gasteiger partial charge in [0.15, 0.2) is 11.7 Å². The van der Waals surface area contributed by atoms with Crippen molar-refractivity contribution in [2.75, 3.05) is 23.4 Å². The highest BCUT2D eigenvalue weighted by molar-refractivity contribution is 5.74. The van der Waals surface area contributed by atoms with E-state index in [1.165, 1.54) is 0 Å². The number of para-hydroxylation sites is 2. The van der Waals surface area contributed by atoms with Crippen molar-refractivity contribution in [3.63, 3.8) is 0 Å². The Morgan fingerprint density at radius 1 is 1.03 bits per heavy atom. The van der Waals surface area contributed by atoms with Gasteiger partial charge in [-0.25, -0.2) is 0 Å². The number of anilines is 4. The van der Waals surface area contributed by atoms with Gasteiger partial charge in [0.05, 0.1) is 12.7 Å². The van der Waals surface area contributed by atoms with Crippen LogP contribution in [0.3, 0.4) is 0 Å². The molecule has 3 rings (SSSR count). The zero-order chi connectivity index (χ0) is 24.6. The van der Waals surface area contributed by atoms with Crippen LogP contribution in [0.5, 0.6) is 0 Å². The molecule has 0 saturated carbocycles. The molecule has 8 nitrogen and oxygen atoms in total. The minimum atomic E-state index is 0.0509. The molecule has 0 aliphatic heterocycles. The van der Waals surface area contributed by atoms with Crippen LogP contribution in [0.2, 0.25) is 0 Å². The van der Waals surface area contributed by atoms with E-state index in [-0.39, 0.29) is 12.3 Å². The van der Waals surface area contributed by atoms with Gasteiger partial charge in [-0.2, -0.15) is 10.4 Å². The molecule has 0 atom stereocenters. The van der Waals surface area contributed by atoms with Crippen LogP contribution in [-0.4, -0.2) is 22.7 Å². The van der Waals surface area contributed by atoms with Crippen LogP contribution in [-0.2, 0) is 4.74 Å². The molecule has 0 bridgehead atoms. The van der Waals surface area contributed by atoms with E-state index in [2.05, 4.69) is 20.3 Å². The maximum Gasteiger partial charge on any atom is 0.194 e. The summed E-state index contributed by atoms with van der Waals surface area (Å²) in [5.74, 6) is 1.33. The van der Waals surface area contributed by atoms with E-state index in [0.29, 0.717) is 12.4 Å². The van der Waals surface area contributed by atoms with Gasteiger partial charge in [0.1, 0.15) is 12.2 Å². The SMILES string of the molecule is CC.CC.CCOC(=N)CC#N.Nc1cc(Nc2ccccc2)n[nH]1.Nc1ccccc1. The number of H-pyrrole nitrogens is 1. The number of nitriles is 1. The molecule has 0 unspecified atom stereocenters. The molecule has 1 heterocycles. The number of rotatable bonds is 4. The van der Waals surface area contributed by atoms with Gasteiger partial charge in [-0.1, -0.05) is 64.1 Å². The second-order valence-electron chi connectivity index (χ2n) is 5.30. The van der Waals surface area contributed by atoms with Crippen molar-refractivity contribution in [3.8, 4) is 6.07 Å². The second-order valence-corrected chi connectivity index (χ2v) is 5.30. The average Bonchev–Trinajstić information content (AvgIpc) is 3.23. The molecule has 0 radical (unpaired) electrons. The Balaban J connectivity index is 0. The summed E-state index contributed by atoms with van der Waals surface area (Å²) in [6, 6.07) is 22.8. The first kappa shape index (κ1) is 30.2. The monoisotopic (exact) mass is 439 g/mol. The number of nitrogens with two attached hydrogens (primary N) is 2. The first-order valence-electron chi connectivity index (χ1n) is 10.6. The Hall–Kier alpha value is -3.99. The van der Waals surface area contributed by atoms with Crippen LogP contribution in [0.4, 0.5) is 23.0 Å². The van der Waals surface area contributed by atoms with Crippen molar-refractivity contribution in [3.05, 3.63) is 66.7 Å².